The number of primary amides is 1. The van der Waals surface area contributed by atoms with Crippen LogP contribution in [0, 0.1) is 5.82 Å². The van der Waals surface area contributed by atoms with E-state index in [1.54, 1.807) is 12.1 Å². The number of carbonyl (C=O) groups is 1. The average Bonchev–Trinajstić information content (AvgIpc) is 2.77. The summed E-state index contributed by atoms with van der Waals surface area (Å²) in [7, 11) is 1.35. The predicted molar refractivity (Wildman–Crippen MR) is 121 cm³/mol. The highest BCUT2D eigenvalue weighted by Gasteiger charge is 2.22. The first-order valence-electron chi connectivity index (χ1n) is 9.69. The molecule has 30 heavy (non-hydrogen) atoms. The molecule has 1 atom stereocenters. The number of halogens is 2. The third-order valence-electron chi connectivity index (χ3n) is 4.69. The van der Waals surface area contributed by atoms with Gasteiger partial charge in [-0.05, 0) is 35.4 Å². The Bertz CT molecular complexity index is 1010. The standard InChI is InChI=1S/C22H20ClFN2O2.C2H6/c1-28-19-10-8-15(22(26)27)20(21(19)24)16-11-14(7-9-18(16)23)17(12-25)13-5-3-2-4-6-13;1-2/h2-11,17H,12,25H2,1H3,(H2,26,27);1-2H3. The maximum Gasteiger partial charge on any atom is 0.249 e. The quantitative estimate of drug-likeness (QED) is 0.554. The summed E-state index contributed by atoms with van der Waals surface area (Å²) >= 11 is 6.38. The molecule has 3 rings (SSSR count). The van der Waals surface area contributed by atoms with Crippen molar-refractivity contribution < 1.29 is 13.9 Å². The van der Waals surface area contributed by atoms with E-state index in [0.29, 0.717) is 17.1 Å². The molecule has 4 N–H and O–H groups in total. The van der Waals surface area contributed by atoms with Crippen LogP contribution < -0.4 is 16.2 Å². The van der Waals surface area contributed by atoms with E-state index in [4.69, 9.17) is 27.8 Å². The summed E-state index contributed by atoms with van der Waals surface area (Å²) in [5.74, 6) is -1.55. The highest BCUT2D eigenvalue weighted by Crippen LogP contribution is 2.38. The Hall–Kier alpha value is -2.89. The van der Waals surface area contributed by atoms with E-state index in [2.05, 4.69) is 0 Å². The SMILES string of the molecule is CC.COc1ccc(C(N)=O)c(-c2cc(C(CN)c3ccccc3)ccc2Cl)c1F. The molecule has 3 aromatic carbocycles. The summed E-state index contributed by atoms with van der Waals surface area (Å²) in [6.07, 6.45) is 0. The molecule has 3 aromatic rings. The number of hydrogen-bond acceptors (Lipinski definition) is 3. The van der Waals surface area contributed by atoms with E-state index >= 15 is 4.39 Å². The summed E-state index contributed by atoms with van der Waals surface area (Å²) in [4.78, 5) is 11.9. The second kappa shape index (κ2) is 10.8. The van der Waals surface area contributed by atoms with Crippen molar-refractivity contribution in [1.29, 1.82) is 0 Å². The van der Waals surface area contributed by atoms with Crippen LogP contribution in [0.5, 0.6) is 5.75 Å². The minimum absolute atomic E-state index is 0.0000889. The molecular formula is C24H26ClFN2O2. The van der Waals surface area contributed by atoms with Crippen molar-refractivity contribution >= 4 is 17.5 Å². The molecule has 4 nitrogen and oxygen atoms in total. The number of amides is 1. The van der Waals surface area contributed by atoms with Crippen LogP contribution in [0.25, 0.3) is 11.1 Å². The molecule has 6 heteroatoms. The fourth-order valence-electron chi connectivity index (χ4n) is 3.28. The smallest absolute Gasteiger partial charge is 0.249 e. The first-order valence-corrected chi connectivity index (χ1v) is 10.1. The van der Waals surface area contributed by atoms with Crippen molar-refractivity contribution in [3.63, 3.8) is 0 Å². The van der Waals surface area contributed by atoms with Gasteiger partial charge in [0, 0.05) is 28.6 Å². The molecule has 0 aliphatic rings. The molecule has 0 bridgehead atoms. The Kier molecular flexibility index (Phi) is 8.39. The Balaban J connectivity index is 0.00000155. The monoisotopic (exact) mass is 428 g/mol. The van der Waals surface area contributed by atoms with Gasteiger partial charge in [0.05, 0.1) is 12.7 Å². The minimum atomic E-state index is -0.753. The van der Waals surface area contributed by atoms with Crippen LogP contribution in [0.3, 0.4) is 0 Å². The fraction of sp³-hybridized carbons (Fsp3) is 0.208. The highest BCUT2D eigenvalue weighted by atomic mass is 35.5. The fourth-order valence-corrected chi connectivity index (χ4v) is 3.50. The molecule has 0 saturated carbocycles. The summed E-state index contributed by atoms with van der Waals surface area (Å²) in [6, 6.07) is 17.8. The average molecular weight is 429 g/mol. The number of hydrogen-bond donors (Lipinski definition) is 2. The lowest BCUT2D eigenvalue weighted by atomic mass is 9.88. The van der Waals surface area contributed by atoms with Crippen LogP contribution in [0.4, 0.5) is 4.39 Å². The van der Waals surface area contributed by atoms with Gasteiger partial charge in [-0.25, -0.2) is 4.39 Å². The second-order valence-corrected chi connectivity index (χ2v) is 6.71. The summed E-state index contributed by atoms with van der Waals surface area (Å²) < 4.78 is 20.1. The number of ether oxygens (including phenoxy) is 1. The van der Waals surface area contributed by atoms with Crippen molar-refractivity contribution in [3.8, 4) is 16.9 Å². The van der Waals surface area contributed by atoms with Gasteiger partial charge in [0.15, 0.2) is 11.6 Å². The third-order valence-corrected chi connectivity index (χ3v) is 5.02. The van der Waals surface area contributed by atoms with Crippen molar-refractivity contribution in [1.82, 2.24) is 0 Å². The Morgan fingerprint density at radius 2 is 1.73 bits per heavy atom. The van der Waals surface area contributed by atoms with Gasteiger partial charge in [-0.15, -0.1) is 0 Å². The Labute approximate surface area is 181 Å². The lowest BCUT2D eigenvalue weighted by Crippen LogP contribution is -2.15. The molecule has 0 spiro atoms. The van der Waals surface area contributed by atoms with Gasteiger partial charge < -0.3 is 16.2 Å². The van der Waals surface area contributed by atoms with Crippen LogP contribution in [-0.4, -0.2) is 19.6 Å². The van der Waals surface area contributed by atoms with Gasteiger partial charge >= 0.3 is 0 Å². The topological polar surface area (TPSA) is 78.3 Å². The van der Waals surface area contributed by atoms with E-state index in [9.17, 15) is 4.79 Å². The van der Waals surface area contributed by atoms with Crippen LogP contribution in [0.2, 0.25) is 5.02 Å². The molecule has 0 fully saturated rings. The molecule has 1 unspecified atom stereocenters. The molecule has 0 radical (unpaired) electrons. The first-order chi connectivity index (χ1) is 14.5. The van der Waals surface area contributed by atoms with E-state index in [-0.39, 0.29) is 22.8 Å². The third kappa shape index (κ3) is 4.81. The van der Waals surface area contributed by atoms with E-state index in [1.165, 1.54) is 19.2 Å². The van der Waals surface area contributed by atoms with E-state index in [1.807, 2.05) is 50.2 Å². The summed E-state index contributed by atoms with van der Waals surface area (Å²) in [5.41, 5.74) is 13.8. The normalized spacial score (nSPS) is 11.3. The lowest BCUT2D eigenvalue weighted by molar-refractivity contribution is 0.100. The van der Waals surface area contributed by atoms with Crippen molar-refractivity contribution in [2.24, 2.45) is 11.5 Å². The van der Waals surface area contributed by atoms with Crippen LogP contribution in [0.15, 0.2) is 60.7 Å². The van der Waals surface area contributed by atoms with E-state index < -0.39 is 11.7 Å². The highest BCUT2D eigenvalue weighted by molar-refractivity contribution is 6.33. The number of rotatable bonds is 6. The Morgan fingerprint density at radius 1 is 1.07 bits per heavy atom. The zero-order chi connectivity index (χ0) is 22.3. The molecule has 0 aliphatic heterocycles. The van der Waals surface area contributed by atoms with Gasteiger partial charge in [0.25, 0.3) is 0 Å². The molecule has 158 valence electrons. The van der Waals surface area contributed by atoms with Crippen LogP contribution >= 0.6 is 11.6 Å². The van der Waals surface area contributed by atoms with Gasteiger partial charge in [-0.3, -0.25) is 4.79 Å². The van der Waals surface area contributed by atoms with Crippen molar-refractivity contribution in [3.05, 3.63) is 88.2 Å². The largest absolute Gasteiger partial charge is 0.494 e. The minimum Gasteiger partial charge on any atom is -0.494 e. The number of carbonyl (C=O) groups excluding carboxylic acids is 1. The summed E-state index contributed by atoms with van der Waals surface area (Å²) in [6.45, 7) is 4.36. The van der Waals surface area contributed by atoms with Crippen molar-refractivity contribution in [2.45, 2.75) is 19.8 Å². The van der Waals surface area contributed by atoms with Gasteiger partial charge in [-0.1, -0.05) is 61.8 Å². The van der Waals surface area contributed by atoms with Crippen LogP contribution in [0.1, 0.15) is 41.3 Å². The maximum absolute atomic E-state index is 15.1. The first kappa shape index (κ1) is 23.4. The second-order valence-electron chi connectivity index (χ2n) is 6.31. The van der Waals surface area contributed by atoms with Crippen LogP contribution in [-0.2, 0) is 0 Å². The molecule has 1 amide bonds. The number of nitrogens with two attached hydrogens (primary N) is 2. The molecule has 0 aliphatic carbocycles. The zero-order valence-electron chi connectivity index (χ0n) is 17.3. The summed E-state index contributed by atoms with van der Waals surface area (Å²) in [5, 5.41) is 0.294. The predicted octanol–water partition coefficient (Wildman–Crippen LogP) is 5.37. The molecular weight excluding hydrogens is 403 g/mol. The zero-order valence-corrected chi connectivity index (χ0v) is 18.0. The number of benzene rings is 3. The number of methoxy groups -OCH3 is 1. The molecule has 0 aromatic heterocycles. The van der Waals surface area contributed by atoms with E-state index in [0.717, 1.165) is 11.1 Å². The molecule has 0 saturated heterocycles. The van der Waals surface area contributed by atoms with Gasteiger partial charge in [0.1, 0.15) is 0 Å². The molecule has 0 heterocycles. The lowest BCUT2D eigenvalue weighted by Gasteiger charge is -2.19. The maximum atomic E-state index is 15.1. The van der Waals surface area contributed by atoms with Gasteiger partial charge in [-0.2, -0.15) is 0 Å². The van der Waals surface area contributed by atoms with Crippen molar-refractivity contribution in [2.75, 3.05) is 13.7 Å². The van der Waals surface area contributed by atoms with Gasteiger partial charge in [0.2, 0.25) is 5.91 Å². The Morgan fingerprint density at radius 3 is 2.30 bits per heavy atom.